The lowest BCUT2D eigenvalue weighted by molar-refractivity contribution is 0.171. The molecule has 0 spiro atoms. The first-order valence-electron chi connectivity index (χ1n) is 12.4. The van der Waals surface area contributed by atoms with Crippen molar-refractivity contribution in [3.63, 3.8) is 0 Å². The molecule has 1 aromatic heterocycles. The van der Waals surface area contributed by atoms with Gasteiger partial charge in [0.05, 0.1) is 5.52 Å². The third-order valence-corrected chi connectivity index (χ3v) is 7.04. The first-order chi connectivity index (χ1) is 16.2. The molecule has 0 aliphatic carbocycles. The normalized spacial score (nSPS) is 16.9. The van der Waals surface area contributed by atoms with E-state index in [9.17, 15) is 0 Å². The van der Waals surface area contributed by atoms with E-state index in [1.165, 1.54) is 40.4 Å². The predicted molar refractivity (Wildman–Crippen MR) is 133 cm³/mol. The van der Waals surface area contributed by atoms with Crippen LogP contribution in [0.1, 0.15) is 42.1 Å². The Morgan fingerprint density at radius 2 is 1.76 bits per heavy atom. The van der Waals surface area contributed by atoms with E-state index in [-0.39, 0.29) is 0 Å². The monoisotopic (exact) mass is 445 g/mol. The van der Waals surface area contributed by atoms with Crippen LogP contribution < -0.4 is 14.8 Å². The van der Waals surface area contributed by atoms with E-state index in [4.69, 9.17) is 14.5 Å². The summed E-state index contributed by atoms with van der Waals surface area (Å²) in [4.78, 5) is 7.50. The molecule has 1 saturated heterocycles. The van der Waals surface area contributed by atoms with Crippen molar-refractivity contribution in [3.05, 3.63) is 64.8 Å². The molecule has 5 nitrogen and oxygen atoms in total. The van der Waals surface area contributed by atoms with Gasteiger partial charge in [-0.1, -0.05) is 31.2 Å². The number of aryl methyl sites for hydroxylation is 2. The van der Waals surface area contributed by atoms with Gasteiger partial charge < -0.3 is 19.7 Å². The summed E-state index contributed by atoms with van der Waals surface area (Å²) >= 11 is 0. The van der Waals surface area contributed by atoms with E-state index >= 15 is 0 Å². The molecule has 0 atom stereocenters. The number of hydrogen-bond acceptors (Lipinski definition) is 5. The molecule has 2 aromatic carbocycles. The van der Waals surface area contributed by atoms with Gasteiger partial charge in [-0.3, -0.25) is 4.98 Å². The summed E-state index contributed by atoms with van der Waals surface area (Å²) in [7, 11) is 0. The number of nitrogens with zero attached hydrogens (tertiary/aromatic N) is 2. The lowest BCUT2D eigenvalue weighted by atomic mass is 9.99. The maximum atomic E-state index is 5.72. The van der Waals surface area contributed by atoms with Gasteiger partial charge >= 0.3 is 0 Å². The largest absolute Gasteiger partial charge is 0.486 e. The van der Waals surface area contributed by atoms with E-state index in [1.807, 2.05) is 6.07 Å². The molecule has 3 aromatic rings. The van der Waals surface area contributed by atoms with Crippen molar-refractivity contribution < 1.29 is 9.47 Å². The number of hydrogen-bond donors (Lipinski definition) is 1. The van der Waals surface area contributed by atoms with Crippen LogP contribution in [-0.2, 0) is 19.4 Å². The Morgan fingerprint density at radius 1 is 0.970 bits per heavy atom. The van der Waals surface area contributed by atoms with E-state index in [0.29, 0.717) is 19.3 Å². The highest BCUT2D eigenvalue weighted by atomic mass is 16.6. The van der Waals surface area contributed by atoms with Crippen molar-refractivity contribution >= 4 is 10.9 Å². The Labute approximate surface area is 197 Å². The third-order valence-electron chi connectivity index (χ3n) is 7.04. The zero-order valence-electron chi connectivity index (χ0n) is 19.9. The molecule has 1 fully saturated rings. The van der Waals surface area contributed by atoms with Crippen LogP contribution in [0.2, 0.25) is 0 Å². The number of ether oxygens (including phenoxy) is 2. The molecular weight excluding hydrogens is 410 g/mol. The second-order valence-corrected chi connectivity index (χ2v) is 9.31. The molecule has 5 heteroatoms. The van der Waals surface area contributed by atoms with Crippen molar-refractivity contribution in [3.8, 4) is 11.5 Å². The molecule has 0 radical (unpaired) electrons. The summed E-state index contributed by atoms with van der Waals surface area (Å²) in [6.07, 6.45) is 4.50. The average molecular weight is 446 g/mol. The molecular formula is C28H35N3O2. The molecule has 0 saturated carbocycles. The van der Waals surface area contributed by atoms with E-state index in [1.54, 1.807) is 0 Å². The fraction of sp³-hybridized carbons (Fsp3) is 0.464. The molecule has 2 aliphatic rings. The summed E-state index contributed by atoms with van der Waals surface area (Å²) in [5.74, 6) is 1.74. The minimum Gasteiger partial charge on any atom is -0.486 e. The Bertz CT molecular complexity index is 1110. The molecule has 3 heterocycles. The molecule has 2 aliphatic heterocycles. The second kappa shape index (κ2) is 10.1. The van der Waals surface area contributed by atoms with Gasteiger partial charge in [-0.05, 0) is 80.6 Å². The number of benzene rings is 2. The minimum absolute atomic E-state index is 0.573. The number of fused-ring (bicyclic) bond motifs is 2. The van der Waals surface area contributed by atoms with Gasteiger partial charge in [0.2, 0.25) is 0 Å². The first-order valence-corrected chi connectivity index (χ1v) is 12.4. The summed E-state index contributed by atoms with van der Waals surface area (Å²) in [6, 6.07) is 15.8. The molecule has 0 bridgehead atoms. The van der Waals surface area contributed by atoms with Gasteiger partial charge in [-0.25, -0.2) is 0 Å². The summed E-state index contributed by atoms with van der Waals surface area (Å²) in [6.45, 7) is 9.86. The van der Waals surface area contributed by atoms with Crippen LogP contribution in [0.5, 0.6) is 11.5 Å². The topological polar surface area (TPSA) is 46.6 Å². The van der Waals surface area contributed by atoms with Crippen molar-refractivity contribution in [2.45, 2.75) is 52.1 Å². The summed E-state index contributed by atoms with van der Waals surface area (Å²) < 4.78 is 11.3. The zero-order valence-corrected chi connectivity index (χ0v) is 19.9. The van der Waals surface area contributed by atoms with Crippen LogP contribution in [0.3, 0.4) is 0 Å². The van der Waals surface area contributed by atoms with E-state index < -0.39 is 0 Å². The second-order valence-electron chi connectivity index (χ2n) is 9.31. The SMILES string of the molecule is CCc1ccc(CCN2CCC(NCc3ccc4c(c3)OCCO4)CC2)c2nc(C)ccc12. The van der Waals surface area contributed by atoms with E-state index in [0.717, 1.165) is 56.2 Å². The highest BCUT2D eigenvalue weighted by Crippen LogP contribution is 2.31. The molecule has 5 rings (SSSR count). The standard InChI is InChI=1S/C28H35N3O2/c1-3-22-6-7-23(28-25(22)8-4-20(2)30-28)10-13-31-14-11-24(12-15-31)29-19-21-5-9-26-27(18-21)33-17-16-32-26/h4-9,18,24,29H,3,10-17,19H2,1-2H3. The van der Waals surface area contributed by atoms with Crippen LogP contribution in [-0.4, -0.2) is 48.8 Å². The van der Waals surface area contributed by atoms with Gasteiger partial charge in [0.1, 0.15) is 13.2 Å². The quantitative estimate of drug-likeness (QED) is 0.573. The number of pyridine rings is 1. The average Bonchev–Trinajstić information content (AvgIpc) is 2.86. The number of nitrogens with one attached hydrogen (secondary N) is 1. The molecule has 0 unspecified atom stereocenters. The number of piperidine rings is 1. The van der Waals surface area contributed by atoms with Gasteiger partial charge in [-0.15, -0.1) is 0 Å². The van der Waals surface area contributed by atoms with Gasteiger partial charge in [0, 0.05) is 30.2 Å². The zero-order chi connectivity index (χ0) is 22.6. The molecule has 174 valence electrons. The molecule has 1 N–H and O–H groups in total. The first kappa shape index (κ1) is 22.2. The Kier molecular flexibility index (Phi) is 6.79. The summed E-state index contributed by atoms with van der Waals surface area (Å²) in [5, 5.41) is 5.07. The highest BCUT2D eigenvalue weighted by Gasteiger charge is 2.19. The number of rotatable bonds is 7. The van der Waals surface area contributed by atoms with Gasteiger partial charge in [0.25, 0.3) is 0 Å². The van der Waals surface area contributed by atoms with Crippen LogP contribution in [0, 0.1) is 6.92 Å². The van der Waals surface area contributed by atoms with Gasteiger partial charge in [-0.2, -0.15) is 0 Å². The van der Waals surface area contributed by atoms with Crippen molar-refractivity contribution in [2.75, 3.05) is 32.8 Å². The maximum absolute atomic E-state index is 5.72. The van der Waals surface area contributed by atoms with E-state index in [2.05, 4.69) is 60.5 Å². The van der Waals surface area contributed by atoms with Crippen LogP contribution in [0.15, 0.2) is 42.5 Å². The van der Waals surface area contributed by atoms with Crippen LogP contribution in [0.4, 0.5) is 0 Å². The van der Waals surface area contributed by atoms with Crippen LogP contribution in [0.25, 0.3) is 10.9 Å². The van der Waals surface area contributed by atoms with Crippen LogP contribution >= 0.6 is 0 Å². The molecule has 33 heavy (non-hydrogen) atoms. The maximum Gasteiger partial charge on any atom is 0.161 e. The number of aromatic nitrogens is 1. The predicted octanol–water partition coefficient (Wildman–Crippen LogP) is 4.67. The fourth-order valence-electron chi connectivity index (χ4n) is 5.04. The summed E-state index contributed by atoms with van der Waals surface area (Å²) in [5.41, 5.74) is 6.33. The van der Waals surface area contributed by atoms with Gasteiger partial charge in [0.15, 0.2) is 11.5 Å². The lowest BCUT2D eigenvalue weighted by Gasteiger charge is -2.32. The highest BCUT2D eigenvalue weighted by molar-refractivity contribution is 5.85. The van der Waals surface area contributed by atoms with Crippen molar-refractivity contribution in [1.29, 1.82) is 0 Å². The minimum atomic E-state index is 0.573. The van der Waals surface area contributed by atoms with Crippen molar-refractivity contribution in [2.24, 2.45) is 0 Å². The Balaban J connectivity index is 1.12. The fourth-order valence-corrected chi connectivity index (χ4v) is 5.04. The third kappa shape index (κ3) is 5.15. The Hall–Kier alpha value is -2.63. The molecule has 0 amide bonds. The lowest BCUT2D eigenvalue weighted by Crippen LogP contribution is -2.42. The number of likely N-dealkylation sites (tertiary alicyclic amines) is 1. The Morgan fingerprint density at radius 3 is 2.58 bits per heavy atom. The van der Waals surface area contributed by atoms with Crippen molar-refractivity contribution in [1.82, 2.24) is 15.2 Å². The smallest absolute Gasteiger partial charge is 0.161 e.